The fraction of sp³-hybridized carbons (Fsp3) is 0.182. The molecular weight excluding hydrogens is 484 g/mol. The molecule has 0 saturated carbocycles. The molecule has 164 valence electrons. The fourth-order valence-corrected chi connectivity index (χ4v) is 3.65. The molecule has 32 heavy (non-hydrogen) atoms. The number of amides is 1. The third-order valence-electron chi connectivity index (χ3n) is 5.16. The average molecular weight is 502 g/mol. The molecule has 0 spiro atoms. The Morgan fingerprint density at radius 3 is 2.75 bits per heavy atom. The Morgan fingerprint density at radius 1 is 1.25 bits per heavy atom. The molecule has 7 nitrogen and oxygen atoms in total. The standard InChI is InChI=1S/C22H18BrF2N5O2/c1-22(13-10-27-30(2)11-13,19-4-3-5-20(23)28-19)12-26-21(31)17-9-18(32-29-17)15-7-6-14(24)8-16(15)25/h3-11H,12H2,1-2H3,(H,26,31). The second-order valence-electron chi connectivity index (χ2n) is 7.46. The number of nitrogens with zero attached hydrogens (tertiary/aromatic N) is 4. The smallest absolute Gasteiger partial charge is 0.273 e. The van der Waals surface area contributed by atoms with Crippen molar-refractivity contribution in [2.24, 2.45) is 7.05 Å². The quantitative estimate of drug-likeness (QED) is 0.399. The first-order valence-electron chi connectivity index (χ1n) is 9.59. The molecule has 1 N–H and O–H groups in total. The van der Waals surface area contributed by atoms with E-state index in [4.69, 9.17) is 4.52 Å². The first kappa shape index (κ1) is 21.8. The van der Waals surface area contributed by atoms with Gasteiger partial charge in [0.25, 0.3) is 5.91 Å². The van der Waals surface area contributed by atoms with Crippen LogP contribution < -0.4 is 5.32 Å². The van der Waals surface area contributed by atoms with Gasteiger partial charge in [-0.05, 0) is 47.1 Å². The molecule has 4 rings (SSSR count). The highest BCUT2D eigenvalue weighted by Crippen LogP contribution is 2.31. The topological polar surface area (TPSA) is 85.8 Å². The lowest BCUT2D eigenvalue weighted by atomic mass is 9.80. The van der Waals surface area contributed by atoms with Crippen LogP contribution in [0.4, 0.5) is 8.78 Å². The van der Waals surface area contributed by atoms with Gasteiger partial charge in [-0.25, -0.2) is 13.8 Å². The molecule has 0 aliphatic heterocycles. The molecule has 3 heterocycles. The Bertz CT molecular complexity index is 1290. The van der Waals surface area contributed by atoms with Gasteiger partial charge in [0.05, 0.1) is 22.9 Å². The van der Waals surface area contributed by atoms with Gasteiger partial charge in [0.15, 0.2) is 11.5 Å². The van der Waals surface area contributed by atoms with Crippen LogP contribution in [0.25, 0.3) is 11.3 Å². The monoisotopic (exact) mass is 501 g/mol. The number of aryl methyl sites for hydroxylation is 1. The number of hydrogen-bond acceptors (Lipinski definition) is 5. The van der Waals surface area contributed by atoms with Crippen LogP contribution in [0.3, 0.4) is 0 Å². The highest BCUT2D eigenvalue weighted by atomic mass is 79.9. The van der Waals surface area contributed by atoms with E-state index in [-0.39, 0.29) is 23.6 Å². The van der Waals surface area contributed by atoms with Gasteiger partial charge in [0, 0.05) is 37.5 Å². The minimum Gasteiger partial charge on any atom is -0.355 e. The lowest BCUT2D eigenvalue weighted by Gasteiger charge is -2.28. The van der Waals surface area contributed by atoms with E-state index in [2.05, 4.69) is 36.5 Å². The second-order valence-corrected chi connectivity index (χ2v) is 8.28. The van der Waals surface area contributed by atoms with Crippen LogP contribution in [0.15, 0.2) is 64.0 Å². The van der Waals surface area contributed by atoms with Crippen molar-refractivity contribution in [1.29, 1.82) is 0 Å². The van der Waals surface area contributed by atoms with Gasteiger partial charge in [-0.3, -0.25) is 9.48 Å². The largest absolute Gasteiger partial charge is 0.355 e. The maximum absolute atomic E-state index is 14.0. The van der Waals surface area contributed by atoms with Crippen LogP contribution >= 0.6 is 15.9 Å². The SMILES string of the molecule is Cn1cc(C(C)(CNC(=O)c2cc(-c3ccc(F)cc3F)on2)c2cccc(Br)n2)cn1. The van der Waals surface area contributed by atoms with Gasteiger partial charge >= 0.3 is 0 Å². The van der Waals surface area contributed by atoms with Crippen molar-refractivity contribution < 1.29 is 18.1 Å². The number of carbonyl (C=O) groups excluding carboxylic acids is 1. The van der Waals surface area contributed by atoms with E-state index < -0.39 is 23.0 Å². The minimum atomic E-state index is -0.807. The maximum Gasteiger partial charge on any atom is 0.273 e. The molecule has 10 heteroatoms. The number of nitrogens with one attached hydrogen (secondary N) is 1. The van der Waals surface area contributed by atoms with E-state index in [1.807, 2.05) is 38.4 Å². The number of benzene rings is 1. The maximum atomic E-state index is 14.0. The van der Waals surface area contributed by atoms with Crippen LogP contribution in [-0.2, 0) is 12.5 Å². The number of carbonyl (C=O) groups is 1. The highest BCUT2D eigenvalue weighted by molar-refractivity contribution is 9.10. The molecular formula is C22H18BrF2N5O2. The van der Waals surface area contributed by atoms with Crippen LogP contribution in [0.2, 0.25) is 0 Å². The van der Waals surface area contributed by atoms with Gasteiger partial charge < -0.3 is 9.84 Å². The van der Waals surface area contributed by atoms with Gasteiger partial charge in [0.2, 0.25) is 0 Å². The van der Waals surface area contributed by atoms with Crippen LogP contribution in [0.1, 0.15) is 28.7 Å². The molecule has 0 bridgehead atoms. The molecule has 1 aromatic carbocycles. The summed E-state index contributed by atoms with van der Waals surface area (Å²) >= 11 is 3.39. The third-order valence-corrected chi connectivity index (χ3v) is 5.61. The summed E-state index contributed by atoms with van der Waals surface area (Å²) in [6.45, 7) is 2.13. The molecule has 0 saturated heterocycles. The molecule has 1 atom stereocenters. The second kappa shape index (κ2) is 8.62. The van der Waals surface area contributed by atoms with Crippen molar-refractivity contribution in [2.45, 2.75) is 12.3 Å². The highest BCUT2D eigenvalue weighted by Gasteiger charge is 2.33. The molecule has 1 amide bonds. The first-order chi connectivity index (χ1) is 15.3. The van der Waals surface area contributed by atoms with E-state index in [1.54, 1.807) is 10.9 Å². The van der Waals surface area contributed by atoms with E-state index >= 15 is 0 Å². The zero-order chi connectivity index (χ0) is 22.9. The predicted octanol–water partition coefficient (Wildman–Crippen LogP) is 4.25. The van der Waals surface area contributed by atoms with Crippen LogP contribution in [0, 0.1) is 11.6 Å². The number of aromatic nitrogens is 4. The van der Waals surface area contributed by atoms with Gasteiger partial charge in [0.1, 0.15) is 16.2 Å². The number of pyridine rings is 1. The Hall–Kier alpha value is -3.40. The number of rotatable bonds is 6. The Morgan fingerprint density at radius 2 is 2.06 bits per heavy atom. The van der Waals surface area contributed by atoms with Gasteiger partial charge in [-0.2, -0.15) is 5.10 Å². The number of halogens is 3. The van der Waals surface area contributed by atoms with Crippen LogP contribution in [-0.4, -0.2) is 32.4 Å². The third kappa shape index (κ3) is 4.31. The van der Waals surface area contributed by atoms with Gasteiger partial charge in [-0.15, -0.1) is 0 Å². The number of hydrogen-bond donors (Lipinski definition) is 1. The van der Waals surface area contributed by atoms with Crippen molar-refractivity contribution in [2.75, 3.05) is 6.54 Å². The average Bonchev–Trinajstić information content (AvgIpc) is 3.41. The van der Waals surface area contributed by atoms with E-state index in [1.165, 1.54) is 12.1 Å². The summed E-state index contributed by atoms with van der Waals surface area (Å²) in [6, 6.07) is 9.93. The van der Waals surface area contributed by atoms with Crippen LogP contribution in [0.5, 0.6) is 0 Å². The zero-order valence-corrected chi connectivity index (χ0v) is 18.7. The Kier molecular flexibility index (Phi) is 5.88. The lowest BCUT2D eigenvalue weighted by Crippen LogP contribution is -2.40. The Labute approximate surface area is 190 Å². The summed E-state index contributed by atoms with van der Waals surface area (Å²) in [5.74, 6) is -2.00. The van der Waals surface area contributed by atoms with Crippen molar-refractivity contribution in [3.05, 3.63) is 88.0 Å². The van der Waals surface area contributed by atoms with E-state index in [0.29, 0.717) is 4.60 Å². The summed E-state index contributed by atoms with van der Waals surface area (Å²) in [5.41, 5.74) is 0.883. The zero-order valence-electron chi connectivity index (χ0n) is 17.1. The van der Waals surface area contributed by atoms with Crippen molar-refractivity contribution >= 4 is 21.8 Å². The molecule has 0 fully saturated rings. The summed E-state index contributed by atoms with van der Waals surface area (Å²) in [4.78, 5) is 17.3. The van der Waals surface area contributed by atoms with Crippen molar-refractivity contribution in [1.82, 2.24) is 25.2 Å². The van der Waals surface area contributed by atoms with E-state index in [0.717, 1.165) is 23.4 Å². The Balaban J connectivity index is 1.58. The van der Waals surface area contributed by atoms with Crippen molar-refractivity contribution in [3.8, 4) is 11.3 Å². The molecule has 0 aliphatic carbocycles. The summed E-state index contributed by atoms with van der Waals surface area (Å²) in [6.07, 6.45) is 3.58. The minimum absolute atomic E-state index is 0.0106. The molecule has 0 radical (unpaired) electrons. The fourth-order valence-electron chi connectivity index (χ4n) is 3.31. The molecule has 0 aliphatic rings. The normalized spacial score (nSPS) is 13.0. The van der Waals surface area contributed by atoms with Crippen molar-refractivity contribution in [3.63, 3.8) is 0 Å². The summed E-state index contributed by atoms with van der Waals surface area (Å²) in [7, 11) is 1.81. The van der Waals surface area contributed by atoms with Gasteiger partial charge in [-0.1, -0.05) is 11.2 Å². The molecule has 3 aromatic heterocycles. The molecule has 4 aromatic rings. The lowest BCUT2D eigenvalue weighted by molar-refractivity contribution is 0.0938. The molecule has 1 unspecified atom stereocenters. The summed E-state index contributed by atoms with van der Waals surface area (Å²) < 4.78 is 34.6. The van der Waals surface area contributed by atoms with E-state index in [9.17, 15) is 13.6 Å². The summed E-state index contributed by atoms with van der Waals surface area (Å²) in [5, 5.41) is 10.8. The first-order valence-corrected chi connectivity index (χ1v) is 10.4. The predicted molar refractivity (Wildman–Crippen MR) is 116 cm³/mol.